The van der Waals surface area contributed by atoms with Crippen molar-refractivity contribution in [3.05, 3.63) is 70.2 Å². The first-order chi connectivity index (χ1) is 14.4. The van der Waals surface area contributed by atoms with Gasteiger partial charge >= 0.3 is 12.1 Å². The predicted molar refractivity (Wildman–Crippen MR) is 114 cm³/mol. The monoisotopic (exact) mass is 474 g/mol. The number of hydrogen-bond acceptors (Lipinski definition) is 4. The fourth-order valence-corrected chi connectivity index (χ4v) is 3.65. The van der Waals surface area contributed by atoms with Crippen molar-refractivity contribution in [3.8, 4) is 0 Å². The summed E-state index contributed by atoms with van der Waals surface area (Å²) in [6, 6.07) is 14.7. The number of likely N-dealkylation sites (tertiary alicyclic amines) is 1. The van der Waals surface area contributed by atoms with Crippen LogP contribution < -0.4 is 5.32 Å². The fourth-order valence-electron chi connectivity index (χ4n) is 3.38. The second-order valence-corrected chi connectivity index (χ2v) is 8.04. The Balaban J connectivity index is 1.59. The normalized spacial score (nSPS) is 16.7. The van der Waals surface area contributed by atoms with Gasteiger partial charge in [0, 0.05) is 17.4 Å². The molecule has 158 valence electrons. The number of nitrogens with zero attached hydrogens (tertiary/aromatic N) is 1. The molecule has 1 aliphatic heterocycles. The van der Waals surface area contributed by atoms with Crippen molar-refractivity contribution in [3.63, 3.8) is 0 Å². The van der Waals surface area contributed by atoms with E-state index in [1.165, 1.54) is 4.90 Å². The standard InChI is InChI=1S/C22H23BrN2O5/c23-17-10-8-15(9-11-17)13-18(21(27)28)24-20(26)19-7-4-12-25(19)22(29)30-14-16-5-2-1-3-6-16/h1-3,5-6,8-11,18-19H,4,7,12-14H2,(H,24,26)(H,27,28)/t18-,19+/m0/s1. The molecule has 3 rings (SSSR count). The number of benzene rings is 2. The molecule has 7 nitrogen and oxygen atoms in total. The van der Waals surface area contributed by atoms with Gasteiger partial charge in [-0.25, -0.2) is 9.59 Å². The van der Waals surface area contributed by atoms with Crippen LogP contribution in [0.2, 0.25) is 0 Å². The lowest BCUT2D eigenvalue weighted by atomic mass is 10.1. The highest BCUT2D eigenvalue weighted by atomic mass is 79.9. The van der Waals surface area contributed by atoms with Gasteiger partial charge in [-0.2, -0.15) is 0 Å². The van der Waals surface area contributed by atoms with Gasteiger partial charge in [-0.05, 0) is 36.1 Å². The largest absolute Gasteiger partial charge is 0.480 e. The van der Waals surface area contributed by atoms with Crippen molar-refractivity contribution in [2.45, 2.75) is 38.0 Å². The predicted octanol–water partition coefficient (Wildman–Crippen LogP) is 3.36. The minimum Gasteiger partial charge on any atom is -0.480 e. The lowest BCUT2D eigenvalue weighted by molar-refractivity contribution is -0.142. The molecule has 2 aromatic rings. The Kier molecular flexibility index (Phi) is 7.46. The molecule has 1 aliphatic rings. The fraction of sp³-hybridized carbons (Fsp3) is 0.318. The van der Waals surface area contributed by atoms with Crippen molar-refractivity contribution in [1.29, 1.82) is 0 Å². The number of ether oxygens (including phenoxy) is 1. The number of rotatable bonds is 7. The zero-order valence-corrected chi connectivity index (χ0v) is 17.9. The number of hydrogen-bond donors (Lipinski definition) is 2. The first-order valence-electron chi connectivity index (χ1n) is 9.69. The van der Waals surface area contributed by atoms with Crippen molar-refractivity contribution < 1.29 is 24.2 Å². The van der Waals surface area contributed by atoms with E-state index < -0.39 is 30.1 Å². The molecule has 8 heteroatoms. The van der Waals surface area contributed by atoms with Crippen LogP contribution in [0.5, 0.6) is 0 Å². The second kappa shape index (κ2) is 10.2. The van der Waals surface area contributed by atoms with E-state index in [4.69, 9.17) is 4.74 Å². The Morgan fingerprint density at radius 2 is 1.80 bits per heavy atom. The van der Waals surface area contributed by atoms with E-state index in [9.17, 15) is 19.5 Å². The van der Waals surface area contributed by atoms with Crippen LogP contribution in [0.15, 0.2) is 59.1 Å². The summed E-state index contributed by atoms with van der Waals surface area (Å²) in [6.45, 7) is 0.516. The summed E-state index contributed by atoms with van der Waals surface area (Å²) in [7, 11) is 0. The minimum atomic E-state index is -1.12. The second-order valence-electron chi connectivity index (χ2n) is 7.12. The number of aliphatic carboxylic acids is 1. The van der Waals surface area contributed by atoms with Gasteiger partial charge in [-0.1, -0.05) is 58.4 Å². The average Bonchev–Trinajstić information content (AvgIpc) is 3.24. The number of carbonyl (C=O) groups is 3. The first-order valence-corrected chi connectivity index (χ1v) is 10.5. The van der Waals surface area contributed by atoms with Crippen molar-refractivity contribution in [1.82, 2.24) is 10.2 Å². The summed E-state index contributed by atoms with van der Waals surface area (Å²) in [5.74, 6) is -1.60. The third-order valence-electron chi connectivity index (χ3n) is 4.96. The van der Waals surface area contributed by atoms with E-state index in [-0.39, 0.29) is 13.0 Å². The van der Waals surface area contributed by atoms with Crippen LogP contribution in [0.3, 0.4) is 0 Å². The zero-order valence-electron chi connectivity index (χ0n) is 16.3. The van der Waals surface area contributed by atoms with Gasteiger partial charge in [0.05, 0.1) is 0 Å². The topological polar surface area (TPSA) is 95.9 Å². The maximum absolute atomic E-state index is 12.8. The quantitative estimate of drug-likeness (QED) is 0.641. The van der Waals surface area contributed by atoms with E-state index in [2.05, 4.69) is 21.2 Å². The van der Waals surface area contributed by atoms with Crippen LogP contribution >= 0.6 is 15.9 Å². The molecular formula is C22H23BrN2O5. The maximum atomic E-state index is 12.8. The Morgan fingerprint density at radius 1 is 1.10 bits per heavy atom. The molecule has 0 spiro atoms. The molecule has 1 heterocycles. The number of carboxylic acid groups (broad SMARTS) is 1. The molecule has 1 fully saturated rings. The smallest absolute Gasteiger partial charge is 0.410 e. The van der Waals surface area contributed by atoms with Crippen LogP contribution in [0, 0.1) is 0 Å². The molecule has 30 heavy (non-hydrogen) atoms. The van der Waals surface area contributed by atoms with E-state index in [0.717, 1.165) is 15.6 Å². The van der Waals surface area contributed by atoms with Gasteiger partial charge in [0.15, 0.2) is 0 Å². The van der Waals surface area contributed by atoms with E-state index in [1.807, 2.05) is 42.5 Å². The van der Waals surface area contributed by atoms with Crippen LogP contribution in [0.25, 0.3) is 0 Å². The van der Waals surface area contributed by atoms with Gasteiger partial charge < -0.3 is 15.2 Å². The summed E-state index contributed by atoms with van der Waals surface area (Å²) in [6.07, 6.45) is 0.704. The average molecular weight is 475 g/mol. The van der Waals surface area contributed by atoms with Gasteiger partial charge in [-0.15, -0.1) is 0 Å². The van der Waals surface area contributed by atoms with Crippen molar-refractivity contribution in [2.75, 3.05) is 6.54 Å². The molecule has 2 atom stereocenters. The summed E-state index contributed by atoms with van der Waals surface area (Å²) in [5.41, 5.74) is 1.64. The molecule has 1 saturated heterocycles. The molecule has 0 radical (unpaired) electrons. The highest BCUT2D eigenvalue weighted by molar-refractivity contribution is 9.10. The Bertz CT molecular complexity index is 888. The molecule has 2 amide bonds. The van der Waals surface area contributed by atoms with Gasteiger partial charge in [-0.3, -0.25) is 9.69 Å². The van der Waals surface area contributed by atoms with Gasteiger partial charge in [0.2, 0.25) is 5.91 Å². The Labute approximate surface area is 183 Å². The lowest BCUT2D eigenvalue weighted by Gasteiger charge is -2.25. The number of amides is 2. The van der Waals surface area contributed by atoms with E-state index >= 15 is 0 Å². The molecule has 0 aliphatic carbocycles. The number of carbonyl (C=O) groups excluding carboxylic acids is 2. The Hall–Kier alpha value is -2.87. The van der Waals surface area contributed by atoms with Crippen LogP contribution in [0.1, 0.15) is 24.0 Å². The molecule has 0 bridgehead atoms. The van der Waals surface area contributed by atoms with Crippen molar-refractivity contribution in [2.24, 2.45) is 0 Å². The molecular weight excluding hydrogens is 452 g/mol. The molecule has 0 unspecified atom stereocenters. The zero-order chi connectivity index (χ0) is 21.5. The number of nitrogens with one attached hydrogen (secondary N) is 1. The Morgan fingerprint density at radius 3 is 2.47 bits per heavy atom. The van der Waals surface area contributed by atoms with E-state index in [0.29, 0.717) is 19.4 Å². The molecule has 2 aromatic carbocycles. The minimum absolute atomic E-state index is 0.117. The molecule has 2 N–H and O–H groups in total. The maximum Gasteiger partial charge on any atom is 0.410 e. The summed E-state index contributed by atoms with van der Waals surface area (Å²) >= 11 is 3.34. The summed E-state index contributed by atoms with van der Waals surface area (Å²) in [4.78, 5) is 38.3. The van der Waals surface area contributed by atoms with Crippen LogP contribution in [0.4, 0.5) is 4.79 Å². The molecule has 0 aromatic heterocycles. The van der Waals surface area contributed by atoms with Crippen molar-refractivity contribution >= 4 is 33.9 Å². The van der Waals surface area contributed by atoms with Crippen LogP contribution in [-0.2, 0) is 27.4 Å². The SMILES string of the molecule is O=C(O)[C@H](Cc1ccc(Br)cc1)NC(=O)[C@H]1CCCN1C(=O)OCc1ccccc1. The lowest BCUT2D eigenvalue weighted by Crippen LogP contribution is -2.51. The third kappa shape index (κ3) is 5.82. The van der Waals surface area contributed by atoms with Crippen LogP contribution in [-0.4, -0.2) is 46.6 Å². The number of halogens is 1. The summed E-state index contributed by atoms with van der Waals surface area (Å²) in [5, 5.41) is 12.1. The third-order valence-corrected chi connectivity index (χ3v) is 5.49. The molecule has 0 saturated carbocycles. The van der Waals surface area contributed by atoms with E-state index in [1.54, 1.807) is 12.1 Å². The number of carboxylic acids is 1. The first kappa shape index (κ1) is 21.8. The highest BCUT2D eigenvalue weighted by Gasteiger charge is 2.36. The summed E-state index contributed by atoms with van der Waals surface area (Å²) < 4.78 is 6.22. The van der Waals surface area contributed by atoms with Gasteiger partial charge in [0.25, 0.3) is 0 Å². The highest BCUT2D eigenvalue weighted by Crippen LogP contribution is 2.20. The van der Waals surface area contributed by atoms with Gasteiger partial charge in [0.1, 0.15) is 18.7 Å².